The second-order valence-corrected chi connectivity index (χ2v) is 8.84. The molecule has 1 heterocycles. The lowest BCUT2D eigenvalue weighted by atomic mass is 10.1. The fraction of sp³-hybridized carbons (Fsp3) is 0.300. The van der Waals surface area contributed by atoms with Gasteiger partial charge in [-0.05, 0) is 30.7 Å². The van der Waals surface area contributed by atoms with Crippen LogP contribution in [0.5, 0.6) is 11.5 Å². The molecule has 0 aromatic heterocycles. The molecule has 29 heavy (non-hydrogen) atoms. The number of phenols is 1. The molecule has 3 rings (SSSR count). The van der Waals surface area contributed by atoms with E-state index in [4.69, 9.17) is 9.47 Å². The number of aromatic hydroxyl groups is 1. The zero-order chi connectivity index (χ0) is 21.0. The highest BCUT2D eigenvalue weighted by Gasteiger charge is 2.35. The molecular formula is C20H21NO7S. The first-order valence-corrected chi connectivity index (χ1v) is 10.7. The van der Waals surface area contributed by atoms with Crippen molar-refractivity contribution in [3.05, 3.63) is 54.1 Å². The molecule has 0 aliphatic carbocycles. The molecule has 1 N–H and O–H groups in total. The van der Waals surface area contributed by atoms with Gasteiger partial charge in [0.25, 0.3) is 5.91 Å². The molecule has 1 amide bonds. The van der Waals surface area contributed by atoms with E-state index in [9.17, 15) is 23.1 Å². The Hall–Kier alpha value is -3.07. The molecule has 2 aromatic carbocycles. The van der Waals surface area contributed by atoms with Crippen LogP contribution < -0.4 is 9.64 Å². The highest BCUT2D eigenvalue weighted by molar-refractivity contribution is 7.91. The maximum atomic E-state index is 12.8. The smallest absolute Gasteiger partial charge is 0.342 e. The molecule has 154 valence electrons. The molecular weight excluding hydrogens is 398 g/mol. The fourth-order valence-electron chi connectivity index (χ4n) is 3.21. The van der Waals surface area contributed by atoms with E-state index in [2.05, 4.69) is 0 Å². The number of sulfone groups is 1. The quantitative estimate of drug-likeness (QED) is 0.711. The van der Waals surface area contributed by atoms with Gasteiger partial charge in [0.1, 0.15) is 17.1 Å². The summed E-state index contributed by atoms with van der Waals surface area (Å²) in [6.07, 6.45) is 0.316. The van der Waals surface area contributed by atoms with Crippen LogP contribution in [0.1, 0.15) is 16.8 Å². The molecule has 0 saturated carbocycles. The number of nitrogens with zero attached hydrogens (tertiary/aromatic N) is 1. The Morgan fingerprint density at radius 2 is 1.90 bits per heavy atom. The van der Waals surface area contributed by atoms with Crippen LogP contribution in [0.15, 0.2) is 48.5 Å². The lowest BCUT2D eigenvalue weighted by Gasteiger charge is -2.28. The van der Waals surface area contributed by atoms with Crippen molar-refractivity contribution in [2.75, 3.05) is 30.1 Å². The van der Waals surface area contributed by atoms with Crippen molar-refractivity contribution in [1.82, 2.24) is 0 Å². The van der Waals surface area contributed by atoms with Crippen molar-refractivity contribution < 1.29 is 32.6 Å². The average Bonchev–Trinajstić information content (AvgIpc) is 3.06. The van der Waals surface area contributed by atoms with Crippen LogP contribution in [0.2, 0.25) is 0 Å². The molecule has 2 aromatic rings. The molecule has 9 heteroatoms. The number of rotatable bonds is 6. The molecule has 1 saturated heterocycles. The van der Waals surface area contributed by atoms with E-state index >= 15 is 0 Å². The average molecular weight is 419 g/mol. The summed E-state index contributed by atoms with van der Waals surface area (Å²) >= 11 is 0. The van der Waals surface area contributed by atoms with Gasteiger partial charge >= 0.3 is 5.97 Å². The zero-order valence-electron chi connectivity index (χ0n) is 15.8. The number of anilines is 1. The third-order valence-electron chi connectivity index (χ3n) is 4.63. The largest absolute Gasteiger partial charge is 0.507 e. The van der Waals surface area contributed by atoms with Crippen LogP contribution in [-0.4, -0.2) is 56.7 Å². The third kappa shape index (κ3) is 4.86. The lowest BCUT2D eigenvalue weighted by Crippen LogP contribution is -2.43. The van der Waals surface area contributed by atoms with E-state index in [1.54, 1.807) is 30.3 Å². The van der Waals surface area contributed by atoms with Gasteiger partial charge in [0.05, 0.1) is 24.7 Å². The first kappa shape index (κ1) is 20.7. The van der Waals surface area contributed by atoms with Crippen LogP contribution in [0.3, 0.4) is 0 Å². The Morgan fingerprint density at radius 3 is 2.48 bits per heavy atom. The minimum Gasteiger partial charge on any atom is -0.507 e. The molecule has 1 fully saturated rings. The summed E-state index contributed by atoms with van der Waals surface area (Å²) in [5.74, 6) is -1.50. The summed E-state index contributed by atoms with van der Waals surface area (Å²) in [5, 5.41) is 9.93. The van der Waals surface area contributed by atoms with Crippen LogP contribution >= 0.6 is 0 Å². The summed E-state index contributed by atoms with van der Waals surface area (Å²) in [5.41, 5.74) is 0.427. The highest BCUT2D eigenvalue weighted by atomic mass is 32.2. The number of benzene rings is 2. The second kappa shape index (κ2) is 8.52. The van der Waals surface area contributed by atoms with E-state index in [0.29, 0.717) is 17.9 Å². The molecule has 1 aliphatic rings. The minimum absolute atomic E-state index is 0.00773. The number of esters is 1. The SMILES string of the molecule is COc1ccc(C(=O)OCC(=O)N(c2ccccc2)[C@@H]2CCS(=O)(=O)C2)c(O)c1. The van der Waals surface area contributed by atoms with Crippen LogP contribution in [0.4, 0.5) is 5.69 Å². The maximum Gasteiger partial charge on any atom is 0.342 e. The molecule has 0 unspecified atom stereocenters. The van der Waals surface area contributed by atoms with Crippen molar-refractivity contribution in [1.29, 1.82) is 0 Å². The third-order valence-corrected chi connectivity index (χ3v) is 6.38. The number of hydrogen-bond acceptors (Lipinski definition) is 7. The molecule has 8 nitrogen and oxygen atoms in total. The van der Waals surface area contributed by atoms with Crippen molar-refractivity contribution in [3.63, 3.8) is 0 Å². The van der Waals surface area contributed by atoms with Gasteiger partial charge in [-0.2, -0.15) is 0 Å². The Balaban J connectivity index is 1.74. The van der Waals surface area contributed by atoms with Crippen LogP contribution in [-0.2, 0) is 19.4 Å². The van der Waals surface area contributed by atoms with E-state index in [1.807, 2.05) is 0 Å². The van der Waals surface area contributed by atoms with Gasteiger partial charge in [-0.25, -0.2) is 13.2 Å². The van der Waals surface area contributed by atoms with Gasteiger partial charge in [-0.15, -0.1) is 0 Å². The van der Waals surface area contributed by atoms with Crippen molar-refractivity contribution in [2.45, 2.75) is 12.5 Å². The number of phenolic OH excluding ortho intramolecular Hbond substituents is 1. The summed E-state index contributed by atoms with van der Waals surface area (Å²) in [7, 11) is -1.79. The Kier molecular flexibility index (Phi) is 6.07. The normalized spacial score (nSPS) is 17.5. The molecule has 1 aliphatic heterocycles. The number of para-hydroxylation sites is 1. The summed E-state index contributed by atoms with van der Waals surface area (Å²) in [4.78, 5) is 26.5. The Bertz CT molecular complexity index is 1000. The zero-order valence-corrected chi connectivity index (χ0v) is 16.6. The van der Waals surface area contributed by atoms with Gasteiger partial charge in [-0.1, -0.05) is 18.2 Å². The van der Waals surface area contributed by atoms with Gasteiger partial charge in [0.2, 0.25) is 0 Å². The van der Waals surface area contributed by atoms with Gasteiger partial charge in [-0.3, -0.25) is 4.79 Å². The monoisotopic (exact) mass is 419 g/mol. The maximum absolute atomic E-state index is 12.8. The number of carbonyl (C=O) groups is 2. The minimum atomic E-state index is -3.22. The van der Waals surface area contributed by atoms with E-state index in [1.165, 1.54) is 30.2 Å². The van der Waals surface area contributed by atoms with Crippen molar-refractivity contribution >= 4 is 27.4 Å². The predicted molar refractivity (Wildman–Crippen MR) is 106 cm³/mol. The van der Waals surface area contributed by atoms with Crippen LogP contribution in [0, 0.1) is 0 Å². The molecule has 1 atom stereocenters. The molecule has 0 bridgehead atoms. The first-order chi connectivity index (χ1) is 13.8. The topological polar surface area (TPSA) is 110 Å². The lowest BCUT2D eigenvalue weighted by molar-refractivity contribution is -0.122. The molecule has 0 radical (unpaired) electrons. The first-order valence-electron chi connectivity index (χ1n) is 8.92. The van der Waals surface area contributed by atoms with Crippen LogP contribution in [0.25, 0.3) is 0 Å². The highest BCUT2D eigenvalue weighted by Crippen LogP contribution is 2.26. The summed E-state index contributed by atoms with van der Waals surface area (Å²) in [6.45, 7) is -0.588. The van der Waals surface area contributed by atoms with E-state index in [0.717, 1.165) is 0 Å². The number of methoxy groups -OCH3 is 1. The summed E-state index contributed by atoms with van der Waals surface area (Å²) < 4.78 is 33.8. The standard InChI is InChI=1S/C20H21NO7S/c1-27-16-7-8-17(18(22)11-16)20(24)28-12-19(23)21(14-5-3-2-4-6-14)15-9-10-29(25,26)13-15/h2-8,11,15,22H,9-10,12-13H2,1H3/t15-/m1/s1. The Labute approximate surface area is 168 Å². The predicted octanol–water partition coefficient (Wildman–Crippen LogP) is 1.78. The van der Waals surface area contributed by atoms with Crippen molar-refractivity contribution in [2.24, 2.45) is 0 Å². The Morgan fingerprint density at radius 1 is 1.17 bits per heavy atom. The van der Waals surface area contributed by atoms with E-state index in [-0.39, 0.29) is 22.8 Å². The van der Waals surface area contributed by atoms with Gasteiger partial charge in [0.15, 0.2) is 16.4 Å². The summed E-state index contributed by atoms with van der Waals surface area (Å²) in [6, 6.07) is 12.2. The number of carbonyl (C=O) groups excluding carboxylic acids is 2. The fourth-order valence-corrected chi connectivity index (χ4v) is 4.91. The number of hydrogen-bond donors (Lipinski definition) is 1. The second-order valence-electron chi connectivity index (χ2n) is 6.62. The number of amides is 1. The van der Waals surface area contributed by atoms with Gasteiger partial charge < -0.3 is 19.5 Å². The number of ether oxygens (including phenoxy) is 2. The van der Waals surface area contributed by atoms with Crippen molar-refractivity contribution in [3.8, 4) is 11.5 Å². The molecule has 0 spiro atoms. The van der Waals surface area contributed by atoms with Gasteiger partial charge in [0, 0.05) is 11.8 Å². The van der Waals surface area contributed by atoms with E-state index < -0.39 is 34.4 Å².